The second-order valence-electron chi connectivity index (χ2n) is 7.99. The third-order valence-electron chi connectivity index (χ3n) is 6.29. The Balaban J connectivity index is 0.00000153. The van der Waals surface area contributed by atoms with E-state index in [0.29, 0.717) is 0 Å². The number of hydrogen-bond donors (Lipinski definition) is 0. The Bertz CT molecular complexity index is 1260. The smallest absolute Gasteiger partial charge is 0.147 e. The van der Waals surface area contributed by atoms with Crippen molar-refractivity contribution in [1.82, 2.24) is 0 Å². The average molecular weight is 508 g/mol. The van der Waals surface area contributed by atoms with Gasteiger partial charge in [0, 0.05) is 0 Å². The molecule has 1 aliphatic rings. The van der Waals surface area contributed by atoms with Gasteiger partial charge in [0.25, 0.3) is 0 Å². The van der Waals surface area contributed by atoms with Gasteiger partial charge in [0.2, 0.25) is 0 Å². The Kier molecular flexibility index (Phi) is 8.40. The maximum Gasteiger partial charge on any atom is -0.147 e. The van der Waals surface area contributed by atoms with Crippen molar-refractivity contribution in [1.29, 1.82) is 0 Å². The first-order valence-corrected chi connectivity index (χ1v) is 11.2. The molecule has 0 saturated carbocycles. The van der Waals surface area contributed by atoms with Gasteiger partial charge in [-0.3, -0.25) is 0 Å². The van der Waals surface area contributed by atoms with Crippen LogP contribution in [0.2, 0.25) is 0 Å². The molecule has 165 valence electrons. The molecule has 0 N–H and O–H groups in total. The molecule has 0 heterocycles. The topological polar surface area (TPSA) is 9.23 Å². The molecule has 5 rings (SSSR count). The fraction of sp³-hybridized carbons (Fsp3) is 0.103. The average Bonchev–Trinajstić information content (AvgIpc) is 3.27. The predicted molar refractivity (Wildman–Crippen MR) is 139 cm³/mol. The molecule has 0 aliphatic heterocycles. The minimum Gasteiger partial charge on any atom is -0.147 e. The van der Waals surface area contributed by atoms with Gasteiger partial charge >= 0.3 is 196 Å². The molecule has 0 amide bonds. The third kappa shape index (κ3) is 4.37. The molecular weight excluding hydrogens is 483 g/mol. The Morgan fingerprint density at radius 2 is 1.30 bits per heavy atom. The van der Waals surface area contributed by atoms with Gasteiger partial charge in [-0.15, -0.1) is 24.8 Å². The van der Waals surface area contributed by atoms with Gasteiger partial charge in [-0.1, -0.05) is 0 Å². The summed E-state index contributed by atoms with van der Waals surface area (Å²) in [6, 6.07) is 34.4. The molecule has 1 aliphatic carbocycles. The van der Waals surface area contributed by atoms with Crippen LogP contribution in [-0.2, 0) is 29.7 Å². The van der Waals surface area contributed by atoms with Crippen LogP contribution < -0.4 is 0 Å². The maximum atomic E-state index is 6.60. The SMILES string of the molecule is CC1=C(c2ccc3ccccc3c2C([O][Ti])(c2ccccc2)c2ccccc2)CC=C1.Cl.Cl. The zero-order chi connectivity index (χ0) is 21.3. The Labute approximate surface area is 220 Å². The van der Waals surface area contributed by atoms with E-state index in [4.69, 9.17) is 3.32 Å². The van der Waals surface area contributed by atoms with Crippen molar-refractivity contribution in [3.05, 3.63) is 137 Å². The summed E-state index contributed by atoms with van der Waals surface area (Å²) >= 11 is 1.83. The standard InChI is InChI=1S/C29H23O.2ClH.Ti/c1-21-11-10-18-25(21)27-20-19-22-12-8-9-17-26(22)28(27)29(30,23-13-4-2-5-14-23)24-15-6-3-7-16-24;;;/h2-17,19-20H,18H2,1H3;2*1H;/q-1;;;+1. The van der Waals surface area contributed by atoms with Crippen molar-refractivity contribution in [2.24, 2.45) is 0 Å². The summed E-state index contributed by atoms with van der Waals surface area (Å²) in [5, 5.41) is 2.44. The molecule has 0 saturated heterocycles. The van der Waals surface area contributed by atoms with E-state index in [1.165, 1.54) is 33.0 Å². The van der Waals surface area contributed by atoms with Crippen LogP contribution in [-0.4, -0.2) is 0 Å². The molecule has 0 unspecified atom stereocenters. The van der Waals surface area contributed by atoms with E-state index in [1.807, 2.05) is 20.8 Å². The van der Waals surface area contributed by atoms with Crippen molar-refractivity contribution >= 4 is 41.2 Å². The van der Waals surface area contributed by atoms with Gasteiger partial charge < -0.3 is 0 Å². The van der Waals surface area contributed by atoms with E-state index in [9.17, 15) is 0 Å². The number of benzene rings is 4. The number of rotatable bonds is 5. The van der Waals surface area contributed by atoms with E-state index in [-0.39, 0.29) is 24.8 Å². The van der Waals surface area contributed by atoms with Gasteiger partial charge in [0.15, 0.2) is 0 Å². The molecule has 0 bridgehead atoms. The van der Waals surface area contributed by atoms with Crippen molar-refractivity contribution in [2.45, 2.75) is 18.9 Å². The molecule has 0 fully saturated rings. The summed E-state index contributed by atoms with van der Waals surface area (Å²) in [5.74, 6) is 0. The molecule has 33 heavy (non-hydrogen) atoms. The number of halogens is 2. The van der Waals surface area contributed by atoms with Crippen LogP contribution in [0.3, 0.4) is 0 Å². The van der Waals surface area contributed by atoms with Crippen LogP contribution in [0, 0.1) is 0 Å². The molecule has 0 spiro atoms. The van der Waals surface area contributed by atoms with E-state index in [2.05, 4.69) is 116 Å². The summed E-state index contributed by atoms with van der Waals surface area (Å²) in [4.78, 5) is 0. The fourth-order valence-corrected chi connectivity index (χ4v) is 5.34. The second kappa shape index (κ2) is 10.9. The number of fused-ring (bicyclic) bond motifs is 1. The van der Waals surface area contributed by atoms with Crippen LogP contribution in [0.5, 0.6) is 0 Å². The summed E-state index contributed by atoms with van der Waals surface area (Å²) in [6.07, 6.45) is 5.43. The number of hydrogen-bond acceptors (Lipinski definition) is 1. The fourth-order valence-electron chi connectivity index (χ4n) is 4.81. The first-order valence-electron chi connectivity index (χ1n) is 10.6. The van der Waals surface area contributed by atoms with Crippen LogP contribution in [0.4, 0.5) is 0 Å². The van der Waals surface area contributed by atoms with E-state index in [0.717, 1.165) is 17.5 Å². The monoisotopic (exact) mass is 507 g/mol. The molecule has 4 aromatic carbocycles. The maximum absolute atomic E-state index is 6.60. The minimum atomic E-state index is -0.728. The predicted octanol–water partition coefficient (Wildman–Crippen LogP) is 8.19. The summed E-state index contributed by atoms with van der Waals surface area (Å²) in [7, 11) is 0. The zero-order valence-corrected chi connectivity index (χ0v) is 21.5. The van der Waals surface area contributed by atoms with Crippen molar-refractivity contribution in [2.75, 3.05) is 0 Å². The second-order valence-corrected chi connectivity index (χ2v) is 8.31. The van der Waals surface area contributed by atoms with Gasteiger partial charge in [-0.05, 0) is 0 Å². The van der Waals surface area contributed by atoms with Gasteiger partial charge in [0.1, 0.15) is 0 Å². The van der Waals surface area contributed by atoms with Crippen molar-refractivity contribution in [3.8, 4) is 0 Å². The first-order chi connectivity index (χ1) is 15.3. The number of allylic oxidation sites excluding steroid dienone is 4. The Morgan fingerprint density at radius 1 is 0.727 bits per heavy atom. The summed E-state index contributed by atoms with van der Waals surface area (Å²) in [6.45, 7) is 2.21. The Morgan fingerprint density at radius 3 is 1.85 bits per heavy atom. The van der Waals surface area contributed by atoms with Crippen LogP contribution in [0.1, 0.15) is 35.6 Å². The largest absolute Gasteiger partial charge is 0.147 e. The quantitative estimate of drug-likeness (QED) is 0.195. The van der Waals surface area contributed by atoms with Crippen molar-refractivity contribution in [3.63, 3.8) is 0 Å². The molecule has 0 atom stereocenters. The third-order valence-corrected chi connectivity index (χ3v) is 6.76. The van der Waals surface area contributed by atoms with E-state index >= 15 is 0 Å². The van der Waals surface area contributed by atoms with Gasteiger partial charge in [-0.25, -0.2) is 0 Å². The zero-order valence-electron chi connectivity index (χ0n) is 18.3. The van der Waals surface area contributed by atoms with Crippen LogP contribution in [0.15, 0.2) is 115 Å². The van der Waals surface area contributed by atoms with E-state index < -0.39 is 5.60 Å². The molecular formula is C29H25Cl2OTi. The molecule has 0 aromatic heterocycles. The van der Waals surface area contributed by atoms with Gasteiger partial charge in [0.05, 0.1) is 0 Å². The molecule has 0 radical (unpaired) electrons. The van der Waals surface area contributed by atoms with Crippen LogP contribution in [0.25, 0.3) is 16.3 Å². The molecule has 4 heteroatoms. The van der Waals surface area contributed by atoms with Crippen molar-refractivity contribution < 1.29 is 24.1 Å². The first kappa shape index (κ1) is 25.5. The molecule has 1 nitrogen and oxygen atoms in total. The van der Waals surface area contributed by atoms with Gasteiger partial charge in [-0.2, -0.15) is 0 Å². The normalized spacial score (nSPS) is 13.0. The summed E-state index contributed by atoms with van der Waals surface area (Å²) in [5.41, 5.74) is 6.70. The minimum absolute atomic E-state index is 0. The van der Waals surface area contributed by atoms with E-state index in [1.54, 1.807) is 0 Å². The molecule has 4 aromatic rings. The van der Waals surface area contributed by atoms with Crippen LogP contribution >= 0.6 is 24.8 Å². The summed E-state index contributed by atoms with van der Waals surface area (Å²) < 4.78 is 6.60. The Hall–Kier alpha value is -2.13.